The van der Waals surface area contributed by atoms with Gasteiger partial charge in [0.05, 0.1) is 6.20 Å². The second-order valence-corrected chi connectivity index (χ2v) is 2.35. The van der Waals surface area contributed by atoms with Crippen molar-refractivity contribution < 1.29 is 14.6 Å². The summed E-state index contributed by atoms with van der Waals surface area (Å²) in [7, 11) is 0. The highest BCUT2D eigenvalue weighted by molar-refractivity contribution is 5.84. The first kappa shape index (κ1) is 7.91. The average Bonchev–Trinajstić information content (AvgIpc) is 2.31. The fourth-order valence-corrected chi connectivity index (χ4v) is 0.991. The zero-order chi connectivity index (χ0) is 8.43. The van der Waals surface area contributed by atoms with Crippen molar-refractivity contribution in [3.63, 3.8) is 0 Å². The second kappa shape index (κ2) is 2.82. The van der Waals surface area contributed by atoms with E-state index < -0.39 is 5.97 Å². The minimum Gasteiger partial charge on any atom is -0.475 e. The number of ether oxygens (including phenoxy) is 1. The molecule has 0 radical (unpaired) electrons. The molecule has 1 aliphatic heterocycles. The van der Waals surface area contributed by atoms with E-state index in [1.165, 1.54) is 6.20 Å². The van der Waals surface area contributed by atoms with Crippen LogP contribution < -0.4 is 0 Å². The number of hydrogen-bond donors (Lipinski definition) is 1. The van der Waals surface area contributed by atoms with Crippen LogP contribution in [0.15, 0.2) is 12.0 Å². The second-order valence-electron chi connectivity index (χ2n) is 2.35. The molecule has 62 valence electrons. The SMILES string of the molecule is CCN1C=C(C(=O)O)OC1C. The summed E-state index contributed by atoms with van der Waals surface area (Å²) < 4.78 is 5.01. The Morgan fingerprint density at radius 2 is 2.55 bits per heavy atom. The Labute approximate surface area is 65.1 Å². The molecule has 0 aromatic carbocycles. The molecule has 4 nitrogen and oxygen atoms in total. The summed E-state index contributed by atoms with van der Waals surface area (Å²) in [5, 5.41) is 8.52. The number of nitrogens with zero attached hydrogens (tertiary/aromatic N) is 1. The van der Waals surface area contributed by atoms with Gasteiger partial charge in [0.25, 0.3) is 0 Å². The zero-order valence-corrected chi connectivity index (χ0v) is 6.57. The standard InChI is InChI=1S/C7H11NO3/c1-3-8-4-6(7(9)10)11-5(8)2/h4-5H,3H2,1-2H3,(H,9,10). The largest absolute Gasteiger partial charge is 0.475 e. The quantitative estimate of drug-likeness (QED) is 0.638. The van der Waals surface area contributed by atoms with Crippen LogP contribution >= 0.6 is 0 Å². The molecule has 1 unspecified atom stereocenters. The molecule has 0 fully saturated rings. The van der Waals surface area contributed by atoms with Crippen LogP contribution in [0.1, 0.15) is 13.8 Å². The van der Waals surface area contributed by atoms with Crippen LogP contribution in [0.25, 0.3) is 0 Å². The Bertz CT molecular complexity index is 200. The molecule has 1 rings (SSSR count). The molecule has 0 saturated carbocycles. The van der Waals surface area contributed by atoms with Gasteiger partial charge in [0, 0.05) is 6.54 Å². The zero-order valence-electron chi connectivity index (χ0n) is 6.57. The van der Waals surface area contributed by atoms with Gasteiger partial charge in [0.1, 0.15) is 0 Å². The molecule has 1 atom stereocenters. The maximum atomic E-state index is 10.4. The van der Waals surface area contributed by atoms with Crippen molar-refractivity contribution in [2.24, 2.45) is 0 Å². The highest BCUT2D eigenvalue weighted by Gasteiger charge is 2.24. The molecule has 11 heavy (non-hydrogen) atoms. The van der Waals surface area contributed by atoms with E-state index in [1.54, 1.807) is 0 Å². The van der Waals surface area contributed by atoms with Gasteiger partial charge >= 0.3 is 5.97 Å². The molecule has 0 bridgehead atoms. The third-order valence-electron chi connectivity index (χ3n) is 1.62. The van der Waals surface area contributed by atoms with E-state index in [0.29, 0.717) is 0 Å². The summed E-state index contributed by atoms with van der Waals surface area (Å²) >= 11 is 0. The van der Waals surface area contributed by atoms with Crippen molar-refractivity contribution in [1.82, 2.24) is 4.90 Å². The van der Waals surface area contributed by atoms with Crippen molar-refractivity contribution >= 4 is 5.97 Å². The van der Waals surface area contributed by atoms with Gasteiger partial charge in [0.15, 0.2) is 6.23 Å². The van der Waals surface area contributed by atoms with Gasteiger partial charge in [-0.25, -0.2) is 4.79 Å². The molecule has 1 heterocycles. The van der Waals surface area contributed by atoms with Crippen LogP contribution in [0.5, 0.6) is 0 Å². The Balaban J connectivity index is 2.67. The smallest absolute Gasteiger partial charge is 0.372 e. The third kappa shape index (κ3) is 1.45. The van der Waals surface area contributed by atoms with Gasteiger partial charge in [-0.2, -0.15) is 0 Å². The third-order valence-corrected chi connectivity index (χ3v) is 1.62. The molecule has 0 aromatic heterocycles. The van der Waals surface area contributed by atoms with E-state index in [0.717, 1.165) is 6.54 Å². The summed E-state index contributed by atoms with van der Waals surface area (Å²) in [6.45, 7) is 4.52. The number of carbonyl (C=O) groups is 1. The van der Waals surface area contributed by atoms with Gasteiger partial charge in [-0.05, 0) is 13.8 Å². The average molecular weight is 157 g/mol. The normalized spacial score (nSPS) is 22.9. The number of carboxylic acids is 1. The first-order valence-electron chi connectivity index (χ1n) is 3.52. The van der Waals surface area contributed by atoms with Crippen LogP contribution in [-0.4, -0.2) is 28.7 Å². The summed E-state index contributed by atoms with van der Waals surface area (Å²) in [6.07, 6.45) is 1.37. The maximum Gasteiger partial charge on any atom is 0.372 e. The highest BCUT2D eigenvalue weighted by Crippen LogP contribution is 2.16. The summed E-state index contributed by atoms with van der Waals surface area (Å²) in [4.78, 5) is 12.2. The van der Waals surface area contributed by atoms with Crippen molar-refractivity contribution in [3.05, 3.63) is 12.0 Å². The van der Waals surface area contributed by atoms with Gasteiger partial charge in [0.2, 0.25) is 5.76 Å². The predicted molar refractivity (Wildman–Crippen MR) is 38.6 cm³/mol. The molecule has 0 spiro atoms. The van der Waals surface area contributed by atoms with E-state index in [2.05, 4.69) is 0 Å². The van der Waals surface area contributed by atoms with E-state index in [4.69, 9.17) is 9.84 Å². The first-order valence-corrected chi connectivity index (χ1v) is 3.52. The van der Waals surface area contributed by atoms with Crippen LogP contribution in [0.4, 0.5) is 0 Å². The van der Waals surface area contributed by atoms with Crippen LogP contribution in [-0.2, 0) is 9.53 Å². The van der Waals surface area contributed by atoms with E-state index >= 15 is 0 Å². The molecule has 0 aromatic rings. The Kier molecular flexibility index (Phi) is 2.03. The van der Waals surface area contributed by atoms with Crippen LogP contribution in [0.2, 0.25) is 0 Å². The monoisotopic (exact) mass is 157 g/mol. The molecule has 0 amide bonds. The van der Waals surface area contributed by atoms with E-state index in [9.17, 15) is 4.79 Å². The lowest BCUT2D eigenvalue weighted by atomic mass is 10.5. The van der Waals surface area contributed by atoms with Crippen LogP contribution in [0.3, 0.4) is 0 Å². The fourth-order valence-electron chi connectivity index (χ4n) is 0.991. The molecule has 1 N–H and O–H groups in total. The van der Waals surface area contributed by atoms with Crippen molar-refractivity contribution in [1.29, 1.82) is 0 Å². The van der Waals surface area contributed by atoms with Crippen molar-refractivity contribution in [3.8, 4) is 0 Å². The lowest BCUT2D eigenvalue weighted by molar-refractivity contribution is -0.137. The minimum atomic E-state index is -1.01. The summed E-state index contributed by atoms with van der Waals surface area (Å²) in [5.41, 5.74) is 0. The minimum absolute atomic E-state index is 0.0272. The van der Waals surface area contributed by atoms with E-state index in [-0.39, 0.29) is 12.0 Å². The first-order chi connectivity index (χ1) is 5.15. The predicted octanol–water partition coefficient (Wildman–Crippen LogP) is 0.610. The number of hydrogen-bond acceptors (Lipinski definition) is 3. The summed E-state index contributed by atoms with van der Waals surface area (Å²) in [5.74, 6) is -0.979. The lowest BCUT2D eigenvalue weighted by Crippen LogP contribution is -2.24. The number of carboxylic acid groups (broad SMARTS) is 1. The Morgan fingerprint density at radius 3 is 2.82 bits per heavy atom. The molecular weight excluding hydrogens is 146 g/mol. The highest BCUT2D eigenvalue weighted by atomic mass is 16.5. The lowest BCUT2D eigenvalue weighted by Gasteiger charge is -2.17. The van der Waals surface area contributed by atoms with Gasteiger partial charge in [-0.1, -0.05) is 0 Å². The Morgan fingerprint density at radius 1 is 1.91 bits per heavy atom. The molecular formula is C7H11NO3. The molecule has 0 saturated heterocycles. The van der Waals surface area contributed by atoms with E-state index in [1.807, 2.05) is 18.7 Å². The Hall–Kier alpha value is -1.19. The number of aliphatic carboxylic acids is 1. The molecule has 1 aliphatic rings. The number of rotatable bonds is 2. The molecule has 0 aliphatic carbocycles. The van der Waals surface area contributed by atoms with Gasteiger partial charge < -0.3 is 14.7 Å². The van der Waals surface area contributed by atoms with Gasteiger partial charge in [-0.15, -0.1) is 0 Å². The van der Waals surface area contributed by atoms with Gasteiger partial charge in [-0.3, -0.25) is 0 Å². The van der Waals surface area contributed by atoms with Crippen LogP contribution in [0, 0.1) is 0 Å². The maximum absolute atomic E-state index is 10.4. The van der Waals surface area contributed by atoms with Crippen molar-refractivity contribution in [2.75, 3.05) is 6.54 Å². The molecule has 4 heteroatoms. The topological polar surface area (TPSA) is 49.8 Å². The van der Waals surface area contributed by atoms with Crippen molar-refractivity contribution in [2.45, 2.75) is 20.1 Å². The summed E-state index contributed by atoms with van der Waals surface area (Å²) in [6, 6.07) is 0. The fraction of sp³-hybridized carbons (Fsp3) is 0.571.